The van der Waals surface area contributed by atoms with Gasteiger partial charge in [-0.25, -0.2) is 4.98 Å². The van der Waals surface area contributed by atoms with E-state index in [0.29, 0.717) is 17.2 Å². The highest BCUT2D eigenvalue weighted by Gasteiger charge is 2.13. The van der Waals surface area contributed by atoms with Crippen molar-refractivity contribution in [3.05, 3.63) is 59.8 Å². The van der Waals surface area contributed by atoms with Crippen LogP contribution < -0.4 is 14.8 Å². The molecule has 0 aliphatic carbocycles. The van der Waals surface area contributed by atoms with Gasteiger partial charge in [0.1, 0.15) is 18.4 Å². The van der Waals surface area contributed by atoms with Crippen molar-refractivity contribution in [2.45, 2.75) is 13.0 Å². The number of hydrogen-bond acceptors (Lipinski definition) is 6. The molecule has 1 unspecified atom stereocenters. The second kappa shape index (κ2) is 8.39. The summed E-state index contributed by atoms with van der Waals surface area (Å²) < 4.78 is 10.9. The average Bonchev–Trinajstić information content (AvgIpc) is 2.71. The summed E-state index contributed by atoms with van der Waals surface area (Å²) >= 11 is 0. The quantitative estimate of drug-likeness (QED) is 0.666. The standard InChI is InChI=1S/C21H21N3O3/c1-14(15-7-8-20(27-10-9-25)21(11-15)26-2)23-19-12-16(13-22)24-18-6-4-3-5-17(18)19/h3-8,11-12,14,25H,9-10H2,1-2H3,(H,23,24). The van der Waals surface area contributed by atoms with E-state index in [4.69, 9.17) is 14.6 Å². The van der Waals surface area contributed by atoms with Gasteiger partial charge in [-0.05, 0) is 36.8 Å². The van der Waals surface area contributed by atoms with E-state index in [9.17, 15) is 5.26 Å². The number of aliphatic hydroxyl groups excluding tert-OH is 1. The van der Waals surface area contributed by atoms with E-state index >= 15 is 0 Å². The maximum absolute atomic E-state index is 9.25. The zero-order chi connectivity index (χ0) is 19.2. The fraction of sp³-hybridized carbons (Fsp3) is 0.238. The van der Waals surface area contributed by atoms with Crippen LogP contribution in [-0.2, 0) is 0 Å². The van der Waals surface area contributed by atoms with Gasteiger partial charge in [0.05, 0.1) is 19.2 Å². The maximum Gasteiger partial charge on any atom is 0.161 e. The number of nitrogens with zero attached hydrogens (tertiary/aromatic N) is 2. The van der Waals surface area contributed by atoms with Crippen LogP contribution in [0.3, 0.4) is 0 Å². The van der Waals surface area contributed by atoms with E-state index in [1.807, 2.05) is 49.4 Å². The fourth-order valence-electron chi connectivity index (χ4n) is 2.90. The van der Waals surface area contributed by atoms with Crippen LogP contribution in [0.5, 0.6) is 11.5 Å². The first-order valence-corrected chi connectivity index (χ1v) is 8.64. The van der Waals surface area contributed by atoms with Crippen molar-refractivity contribution >= 4 is 16.6 Å². The van der Waals surface area contributed by atoms with E-state index in [1.54, 1.807) is 13.2 Å². The molecule has 0 spiro atoms. The van der Waals surface area contributed by atoms with Crippen molar-refractivity contribution in [3.8, 4) is 17.6 Å². The molecular weight excluding hydrogens is 342 g/mol. The molecule has 27 heavy (non-hydrogen) atoms. The number of hydrogen-bond donors (Lipinski definition) is 2. The zero-order valence-corrected chi connectivity index (χ0v) is 15.3. The Hall–Kier alpha value is -3.30. The first-order valence-electron chi connectivity index (χ1n) is 8.64. The van der Waals surface area contributed by atoms with Gasteiger partial charge in [-0.1, -0.05) is 24.3 Å². The van der Waals surface area contributed by atoms with Crippen LogP contribution in [0.15, 0.2) is 48.5 Å². The number of nitriles is 1. The number of aliphatic hydroxyl groups is 1. The predicted octanol–water partition coefficient (Wildman–Crippen LogP) is 3.66. The van der Waals surface area contributed by atoms with Gasteiger partial charge < -0.3 is 19.9 Å². The Bertz CT molecular complexity index is 982. The predicted molar refractivity (Wildman–Crippen MR) is 104 cm³/mol. The molecule has 0 aliphatic heterocycles. The smallest absolute Gasteiger partial charge is 0.161 e. The van der Waals surface area contributed by atoms with Crippen LogP contribution >= 0.6 is 0 Å². The van der Waals surface area contributed by atoms with Crippen molar-refractivity contribution in [2.24, 2.45) is 0 Å². The number of methoxy groups -OCH3 is 1. The monoisotopic (exact) mass is 363 g/mol. The Morgan fingerprint density at radius 2 is 2.00 bits per heavy atom. The summed E-state index contributed by atoms with van der Waals surface area (Å²) in [5, 5.41) is 22.6. The Morgan fingerprint density at radius 1 is 1.19 bits per heavy atom. The van der Waals surface area contributed by atoms with Crippen LogP contribution in [0.4, 0.5) is 5.69 Å². The van der Waals surface area contributed by atoms with E-state index in [1.165, 1.54) is 0 Å². The molecule has 0 aliphatic rings. The summed E-state index contributed by atoms with van der Waals surface area (Å²) in [6.07, 6.45) is 0. The van der Waals surface area contributed by atoms with Crippen LogP contribution in [0, 0.1) is 11.3 Å². The highest BCUT2D eigenvalue weighted by molar-refractivity contribution is 5.92. The molecular formula is C21H21N3O3. The van der Waals surface area contributed by atoms with Gasteiger partial charge in [0, 0.05) is 17.1 Å². The van der Waals surface area contributed by atoms with E-state index in [0.717, 1.165) is 22.2 Å². The minimum atomic E-state index is -0.0563. The number of nitrogens with one attached hydrogen (secondary N) is 1. The van der Waals surface area contributed by atoms with Gasteiger partial charge >= 0.3 is 0 Å². The third-order valence-electron chi connectivity index (χ3n) is 4.24. The number of para-hydroxylation sites is 1. The van der Waals surface area contributed by atoms with E-state index in [-0.39, 0.29) is 19.3 Å². The lowest BCUT2D eigenvalue weighted by Crippen LogP contribution is -2.09. The van der Waals surface area contributed by atoms with Crippen LogP contribution in [0.1, 0.15) is 24.2 Å². The number of benzene rings is 2. The second-order valence-corrected chi connectivity index (χ2v) is 6.03. The molecule has 6 nitrogen and oxygen atoms in total. The number of anilines is 1. The topological polar surface area (TPSA) is 87.4 Å². The molecule has 0 fully saturated rings. The Kier molecular flexibility index (Phi) is 5.74. The van der Waals surface area contributed by atoms with Gasteiger partial charge in [0.15, 0.2) is 11.5 Å². The lowest BCUT2D eigenvalue weighted by atomic mass is 10.1. The van der Waals surface area contributed by atoms with E-state index < -0.39 is 0 Å². The third kappa shape index (κ3) is 4.10. The van der Waals surface area contributed by atoms with Crippen molar-refractivity contribution in [2.75, 3.05) is 25.6 Å². The molecule has 3 aromatic rings. The Balaban J connectivity index is 1.90. The summed E-state index contributed by atoms with van der Waals surface area (Å²) in [5.41, 5.74) is 3.00. The van der Waals surface area contributed by atoms with Crippen molar-refractivity contribution < 1.29 is 14.6 Å². The van der Waals surface area contributed by atoms with Crippen LogP contribution in [-0.4, -0.2) is 30.4 Å². The van der Waals surface area contributed by atoms with Crippen molar-refractivity contribution in [1.29, 1.82) is 5.26 Å². The number of rotatable bonds is 7. The molecule has 0 radical (unpaired) electrons. The summed E-state index contributed by atoms with van der Waals surface area (Å²) in [7, 11) is 1.58. The number of pyridine rings is 1. The molecule has 0 amide bonds. The average molecular weight is 363 g/mol. The van der Waals surface area contributed by atoms with Gasteiger partial charge in [0.25, 0.3) is 0 Å². The third-order valence-corrected chi connectivity index (χ3v) is 4.24. The molecule has 1 aromatic heterocycles. The minimum Gasteiger partial charge on any atom is -0.493 e. The molecule has 138 valence electrons. The summed E-state index contributed by atoms with van der Waals surface area (Å²) in [6, 6.07) is 17.2. The number of fused-ring (bicyclic) bond motifs is 1. The van der Waals surface area contributed by atoms with Crippen LogP contribution in [0.2, 0.25) is 0 Å². The molecule has 6 heteroatoms. The molecule has 1 atom stereocenters. The second-order valence-electron chi connectivity index (χ2n) is 6.03. The summed E-state index contributed by atoms with van der Waals surface area (Å²) in [5.74, 6) is 1.19. The largest absolute Gasteiger partial charge is 0.493 e. The first-order chi connectivity index (χ1) is 13.2. The van der Waals surface area contributed by atoms with Crippen molar-refractivity contribution in [1.82, 2.24) is 4.98 Å². The fourth-order valence-corrected chi connectivity index (χ4v) is 2.90. The Labute approximate surface area is 158 Å². The van der Waals surface area contributed by atoms with Crippen molar-refractivity contribution in [3.63, 3.8) is 0 Å². The molecule has 1 heterocycles. The van der Waals surface area contributed by atoms with E-state index in [2.05, 4.69) is 16.4 Å². The maximum atomic E-state index is 9.25. The van der Waals surface area contributed by atoms with Gasteiger partial charge in [-0.3, -0.25) is 0 Å². The summed E-state index contributed by atoms with van der Waals surface area (Å²) in [6.45, 7) is 2.19. The molecule has 2 N–H and O–H groups in total. The van der Waals surface area contributed by atoms with Gasteiger partial charge in [-0.15, -0.1) is 0 Å². The zero-order valence-electron chi connectivity index (χ0n) is 15.3. The highest BCUT2D eigenvalue weighted by Crippen LogP contribution is 2.32. The Morgan fingerprint density at radius 3 is 2.74 bits per heavy atom. The van der Waals surface area contributed by atoms with Gasteiger partial charge in [0.2, 0.25) is 0 Å². The highest BCUT2D eigenvalue weighted by atomic mass is 16.5. The lowest BCUT2D eigenvalue weighted by Gasteiger charge is -2.19. The molecule has 0 bridgehead atoms. The first kappa shape index (κ1) is 18.5. The molecule has 3 rings (SSSR count). The normalized spacial score (nSPS) is 11.6. The molecule has 0 saturated heterocycles. The minimum absolute atomic E-state index is 0.0388. The van der Waals surface area contributed by atoms with Gasteiger partial charge in [-0.2, -0.15) is 5.26 Å². The lowest BCUT2D eigenvalue weighted by molar-refractivity contribution is 0.196. The SMILES string of the molecule is COc1cc(C(C)Nc2cc(C#N)nc3ccccc23)ccc1OCCO. The number of aromatic nitrogens is 1. The number of ether oxygens (including phenoxy) is 2. The summed E-state index contributed by atoms with van der Waals surface area (Å²) in [4.78, 5) is 4.34. The van der Waals surface area contributed by atoms with Crippen LogP contribution in [0.25, 0.3) is 10.9 Å². The molecule has 0 saturated carbocycles. The molecule has 2 aromatic carbocycles.